The number of ether oxygens (including phenoxy) is 1. The Morgan fingerprint density at radius 1 is 1.50 bits per heavy atom. The van der Waals surface area contributed by atoms with Crippen LogP contribution in [0.15, 0.2) is 24.3 Å². The normalized spacial score (nSPS) is 12.1. The first kappa shape index (κ1) is 10.9. The lowest BCUT2D eigenvalue weighted by molar-refractivity contribution is 0.292. The standard InChI is InChI=1S/C10H13ClN2O/c1-7(10(12)13)6-14-9-4-2-8(11)3-5-9/h2-5,7H,6H2,1H3,(H3,12,13). The number of hydrogen-bond donors (Lipinski definition) is 2. The van der Waals surface area contributed by atoms with Crippen LogP contribution in [0.2, 0.25) is 5.02 Å². The lowest BCUT2D eigenvalue weighted by Gasteiger charge is -2.11. The second-order valence-corrected chi connectivity index (χ2v) is 3.56. The lowest BCUT2D eigenvalue weighted by Crippen LogP contribution is -2.25. The first-order chi connectivity index (χ1) is 6.59. The van der Waals surface area contributed by atoms with Crippen LogP contribution in [0, 0.1) is 11.3 Å². The number of benzene rings is 1. The number of hydrogen-bond acceptors (Lipinski definition) is 2. The van der Waals surface area contributed by atoms with Gasteiger partial charge in [0.1, 0.15) is 5.75 Å². The SMILES string of the molecule is CC(COc1ccc(Cl)cc1)C(=N)N. The van der Waals surface area contributed by atoms with Gasteiger partial charge in [-0.1, -0.05) is 18.5 Å². The van der Waals surface area contributed by atoms with Crippen molar-refractivity contribution in [3.63, 3.8) is 0 Å². The molecule has 0 aliphatic heterocycles. The Morgan fingerprint density at radius 2 is 2.07 bits per heavy atom. The molecule has 3 nitrogen and oxygen atoms in total. The topological polar surface area (TPSA) is 59.1 Å². The fraction of sp³-hybridized carbons (Fsp3) is 0.300. The molecular weight excluding hydrogens is 200 g/mol. The summed E-state index contributed by atoms with van der Waals surface area (Å²) < 4.78 is 5.40. The van der Waals surface area contributed by atoms with Gasteiger partial charge in [-0.25, -0.2) is 0 Å². The quantitative estimate of drug-likeness (QED) is 0.594. The summed E-state index contributed by atoms with van der Waals surface area (Å²) in [5.74, 6) is 0.812. The van der Waals surface area contributed by atoms with Gasteiger partial charge in [0.05, 0.1) is 12.4 Å². The summed E-state index contributed by atoms with van der Waals surface area (Å²) in [5.41, 5.74) is 5.31. The van der Waals surface area contributed by atoms with E-state index in [1.165, 1.54) is 0 Å². The average Bonchev–Trinajstić information content (AvgIpc) is 2.16. The number of rotatable bonds is 4. The van der Waals surface area contributed by atoms with Crippen LogP contribution < -0.4 is 10.5 Å². The van der Waals surface area contributed by atoms with Crippen molar-refractivity contribution in [2.45, 2.75) is 6.92 Å². The predicted molar refractivity (Wildman–Crippen MR) is 58.0 cm³/mol. The fourth-order valence-corrected chi connectivity index (χ4v) is 0.968. The summed E-state index contributed by atoms with van der Waals surface area (Å²) in [6.45, 7) is 2.26. The molecule has 0 aliphatic carbocycles. The van der Waals surface area contributed by atoms with Gasteiger partial charge in [-0.05, 0) is 24.3 Å². The predicted octanol–water partition coefficient (Wildman–Crippen LogP) is 2.29. The van der Waals surface area contributed by atoms with Gasteiger partial charge in [-0.15, -0.1) is 0 Å². The molecule has 0 aliphatic rings. The molecule has 0 aromatic heterocycles. The molecule has 0 amide bonds. The zero-order valence-corrected chi connectivity index (χ0v) is 8.71. The fourth-order valence-electron chi connectivity index (χ4n) is 0.842. The van der Waals surface area contributed by atoms with Crippen LogP contribution in [0.4, 0.5) is 0 Å². The third-order valence-electron chi connectivity index (χ3n) is 1.84. The Bertz CT molecular complexity index is 310. The van der Waals surface area contributed by atoms with Gasteiger partial charge in [0.15, 0.2) is 0 Å². The maximum Gasteiger partial charge on any atom is 0.119 e. The van der Waals surface area contributed by atoms with Crippen LogP contribution in [-0.2, 0) is 0 Å². The van der Waals surface area contributed by atoms with Crippen molar-refractivity contribution in [1.29, 1.82) is 5.41 Å². The molecule has 1 unspecified atom stereocenters. The molecule has 1 rings (SSSR count). The van der Waals surface area contributed by atoms with Crippen LogP contribution in [-0.4, -0.2) is 12.4 Å². The third-order valence-corrected chi connectivity index (χ3v) is 2.10. The Labute approximate surface area is 88.3 Å². The summed E-state index contributed by atoms with van der Waals surface area (Å²) in [6, 6.07) is 7.09. The maximum absolute atomic E-state index is 7.18. The van der Waals surface area contributed by atoms with Crippen molar-refractivity contribution in [2.24, 2.45) is 11.7 Å². The number of nitrogens with one attached hydrogen (secondary N) is 1. The van der Waals surface area contributed by atoms with Gasteiger partial charge in [-0.3, -0.25) is 5.41 Å². The highest BCUT2D eigenvalue weighted by molar-refractivity contribution is 6.30. The van der Waals surface area contributed by atoms with Gasteiger partial charge in [0, 0.05) is 10.9 Å². The molecule has 0 heterocycles. The molecule has 0 saturated carbocycles. The van der Waals surface area contributed by atoms with E-state index < -0.39 is 0 Å². The van der Waals surface area contributed by atoms with E-state index in [1.807, 2.05) is 6.92 Å². The molecule has 0 bridgehead atoms. The van der Waals surface area contributed by atoms with E-state index in [1.54, 1.807) is 24.3 Å². The molecule has 0 saturated heterocycles. The van der Waals surface area contributed by atoms with Gasteiger partial charge in [-0.2, -0.15) is 0 Å². The summed E-state index contributed by atoms with van der Waals surface area (Å²) in [5, 5.41) is 7.85. The van der Waals surface area contributed by atoms with Gasteiger partial charge in [0.25, 0.3) is 0 Å². The molecule has 1 aromatic carbocycles. The molecule has 3 N–H and O–H groups in total. The average molecular weight is 213 g/mol. The molecule has 0 spiro atoms. The Balaban J connectivity index is 2.46. The zero-order chi connectivity index (χ0) is 10.6. The summed E-state index contributed by atoms with van der Waals surface area (Å²) >= 11 is 5.72. The molecule has 1 aromatic rings. The summed E-state index contributed by atoms with van der Waals surface area (Å²) in [6.07, 6.45) is 0. The lowest BCUT2D eigenvalue weighted by atomic mass is 10.2. The largest absolute Gasteiger partial charge is 0.493 e. The van der Waals surface area contributed by atoms with Gasteiger partial charge in [0.2, 0.25) is 0 Å². The van der Waals surface area contributed by atoms with Crippen molar-refractivity contribution >= 4 is 17.4 Å². The van der Waals surface area contributed by atoms with Crippen LogP contribution in [0.5, 0.6) is 5.75 Å². The summed E-state index contributed by atoms with van der Waals surface area (Å²) in [4.78, 5) is 0. The van der Waals surface area contributed by atoms with Gasteiger partial charge < -0.3 is 10.5 Å². The third kappa shape index (κ3) is 3.26. The smallest absolute Gasteiger partial charge is 0.119 e. The monoisotopic (exact) mass is 212 g/mol. The number of halogens is 1. The molecule has 14 heavy (non-hydrogen) atoms. The highest BCUT2D eigenvalue weighted by Gasteiger charge is 2.05. The minimum Gasteiger partial charge on any atom is -0.493 e. The van der Waals surface area contributed by atoms with Crippen LogP contribution in [0.1, 0.15) is 6.92 Å². The van der Waals surface area contributed by atoms with E-state index >= 15 is 0 Å². The van der Waals surface area contributed by atoms with E-state index in [0.29, 0.717) is 11.6 Å². The van der Waals surface area contributed by atoms with Crippen LogP contribution >= 0.6 is 11.6 Å². The first-order valence-electron chi connectivity index (χ1n) is 4.32. The molecule has 0 fully saturated rings. The van der Waals surface area contributed by atoms with Crippen molar-refractivity contribution in [1.82, 2.24) is 0 Å². The van der Waals surface area contributed by atoms with Crippen molar-refractivity contribution < 1.29 is 4.74 Å². The minimum absolute atomic E-state index is 0.0642. The first-order valence-corrected chi connectivity index (χ1v) is 4.69. The highest BCUT2D eigenvalue weighted by Crippen LogP contribution is 2.16. The Kier molecular flexibility index (Phi) is 3.77. The number of amidine groups is 1. The summed E-state index contributed by atoms with van der Waals surface area (Å²) in [7, 11) is 0. The minimum atomic E-state index is -0.0642. The van der Waals surface area contributed by atoms with Gasteiger partial charge >= 0.3 is 0 Å². The second-order valence-electron chi connectivity index (χ2n) is 3.12. The molecule has 4 heteroatoms. The zero-order valence-electron chi connectivity index (χ0n) is 7.96. The number of nitrogens with two attached hydrogens (primary N) is 1. The maximum atomic E-state index is 7.18. The van der Waals surface area contributed by atoms with Crippen molar-refractivity contribution in [3.05, 3.63) is 29.3 Å². The Hall–Kier alpha value is -1.22. The van der Waals surface area contributed by atoms with E-state index in [2.05, 4.69) is 0 Å². The van der Waals surface area contributed by atoms with E-state index in [0.717, 1.165) is 5.75 Å². The van der Waals surface area contributed by atoms with E-state index in [-0.39, 0.29) is 11.8 Å². The molecule has 0 radical (unpaired) electrons. The molecule has 76 valence electrons. The highest BCUT2D eigenvalue weighted by atomic mass is 35.5. The van der Waals surface area contributed by atoms with Crippen LogP contribution in [0.3, 0.4) is 0 Å². The van der Waals surface area contributed by atoms with Crippen molar-refractivity contribution in [2.75, 3.05) is 6.61 Å². The van der Waals surface area contributed by atoms with Crippen LogP contribution in [0.25, 0.3) is 0 Å². The molecule has 1 atom stereocenters. The Morgan fingerprint density at radius 3 is 2.57 bits per heavy atom. The second kappa shape index (κ2) is 4.86. The molecular formula is C10H13ClN2O. The van der Waals surface area contributed by atoms with Crippen molar-refractivity contribution in [3.8, 4) is 5.75 Å². The van der Waals surface area contributed by atoms with E-state index in [4.69, 9.17) is 27.5 Å². The van der Waals surface area contributed by atoms with E-state index in [9.17, 15) is 0 Å².